The van der Waals surface area contributed by atoms with Crippen molar-refractivity contribution in [2.24, 2.45) is 10.7 Å². The van der Waals surface area contributed by atoms with Crippen LogP contribution in [-0.4, -0.2) is 38.8 Å². The number of rotatable bonds is 8. The smallest absolute Gasteiger partial charge is 0.188 e. The number of aliphatic imine (C=N–C) groups is 1. The predicted octanol–water partition coefficient (Wildman–Crippen LogP) is 2.51. The molecule has 0 unspecified atom stereocenters. The van der Waals surface area contributed by atoms with Crippen LogP contribution in [0.1, 0.15) is 38.2 Å². The number of ether oxygens (including phenoxy) is 1. The predicted molar refractivity (Wildman–Crippen MR) is 96.9 cm³/mol. The summed E-state index contributed by atoms with van der Waals surface area (Å²) in [5, 5.41) is 3.18. The number of unbranched alkanes of at least 4 members (excludes halogenated alkanes) is 3. The number of anilines is 1. The van der Waals surface area contributed by atoms with E-state index in [0.717, 1.165) is 39.3 Å². The summed E-state index contributed by atoms with van der Waals surface area (Å²) in [4.78, 5) is 6.75. The van der Waals surface area contributed by atoms with Crippen LogP contribution < -0.4 is 16.0 Å². The second-order valence-electron chi connectivity index (χ2n) is 5.95. The molecule has 128 valence electrons. The maximum atomic E-state index is 5.90. The molecule has 23 heavy (non-hydrogen) atoms. The monoisotopic (exact) mass is 318 g/mol. The molecular formula is C18H30N4O. The van der Waals surface area contributed by atoms with Gasteiger partial charge in [0.25, 0.3) is 0 Å². The molecule has 0 bridgehead atoms. The summed E-state index contributed by atoms with van der Waals surface area (Å²) in [6, 6.07) is 8.57. The van der Waals surface area contributed by atoms with E-state index < -0.39 is 0 Å². The van der Waals surface area contributed by atoms with Gasteiger partial charge in [-0.05, 0) is 24.1 Å². The zero-order valence-corrected chi connectivity index (χ0v) is 14.3. The van der Waals surface area contributed by atoms with Gasteiger partial charge in [-0.15, -0.1) is 0 Å². The van der Waals surface area contributed by atoms with E-state index in [2.05, 4.69) is 46.4 Å². The van der Waals surface area contributed by atoms with Gasteiger partial charge < -0.3 is 20.7 Å². The largest absolute Gasteiger partial charge is 0.378 e. The van der Waals surface area contributed by atoms with E-state index in [9.17, 15) is 0 Å². The van der Waals surface area contributed by atoms with Crippen molar-refractivity contribution in [3.05, 3.63) is 29.8 Å². The van der Waals surface area contributed by atoms with Crippen LogP contribution in [-0.2, 0) is 11.3 Å². The number of hydrogen-bond donors (Lipinski definition) is 2. The highest BCUT2D eigenvalue weighted by Gasteiger charge is 2.10. The fourth-order valence-electron chi connectivity index (χ4n) is 2.63. The summed E-state index contributed by atoms with van der Waals surface area (Å²) in [7, 11) is 0. The topological polar surface area (TPSA) is 62.9 Å². The third kappa shape index (κ3) is 6.48. The molecule has 0 aromatic heterocycles. The molecular weight excluding hydrogens is 288 g/mol. The first-order valence-corrected chi connectivity index (χ1v) is 8.75. The van der Waals surface area contributed by atoms with Gasteiger partial charge in [0.2, 0.25) is 0 Å². The summed E-state index contributed by atoms with van der Waals surface area (Å²) >= 11 is 0. The number of nitrogens with two attached hydrogens (primary N) is 1. The van der Waals surface area contributed by atoms with Crippen molar-refractivity contribution in [1.29, 1.82) is 0 Å². The van der Waals surface area contributed by atoms with Crippen LogP contribution in [0.15, 0.2) is 29.3 Å². The number of benzene rings is 1. The molecule has 5 heteroatoms. The Morgan fingerprint density at radius 2 is 1.91 bits per heavy atom. The van der Waals surface area contributed by atoms with Crippen LogP contribution >= 0.6 is 0 Å². The lowest BCUT2D eigenvalue weighted by Gasteiger charge is -2.28. The molecule has 1 fully saturated rings. The van der Waals surface area contributed by atoms with Crippen molar-refractivity contribution in [2.75, 3.05) is 37.7 Å². The molecule has 1 aromatic carbocycles. The highest BCUT2D eigenvalue weighted by Crippen LogP contribution is 2.17. The number of nitrogens with one attached hydrogen (secondary N) is 1. The molecule has 1 aliphatic heterocycles. The summed E-state index contributed by atoms with van der Waals surface area (Å²) in [6.45, 7) is 7.30. The lowest BCUT2D eigenvalue weighted by Crippen LogP contribution is -2.36. The molecule has 1 saturated heterocycles. The van der Waals surface area contributed by atoms with Gasteiger partial charge in [-0.1, -0.05) is 38.3 Å². The van der Waals surface area contributed by atoms with Crippen LogP contribution in [0, 0.1) is 0 Å². The minimum absolute atomic E-state index is 0.541. The maximum absolute atomic E-state index is 5.90. The number of morpholine rings is 1. The van der Waals surface area contributed by atoms with Gasteiger partial charge in [-0.3, -0.25) is 0 Å². The molecule has 1 aliphatic rings. The average molecular weight is 318 g/mol. The quantitative estimate of drug-likeness (QED) is 0.439. The van der Waals surface area contributed by atoms with Crippen LogP contribution in [0.2, 0.25) is 0 Å². The third-order valence-corrected chi connectivity index (χ3v) is 4.08. The molecule has 0 amide bonds. The average Bonchev–Trinajstić information content (AvgIpc) is 2.61. The first-order valence-electron chi connectivity index (χ1n) is 8.75. The van der Waals surface area contributed by atoms with E-state index in [1.54, 1.807) is 0 Å². The standard InChI is InChI=1S/C18H30N4O/c1-2-3-4-5-10-20-18(19)21-15-16-6-8-17(9-7-16)22-11-13-23-14-12-22/h6-9H,2-5,10-15H2,1H3,(H3,19,20,21). The Kier molecular flexibility index (Phi) is 7.73. The van der Waals surface area contributed by atoms with E-state index in [1.165, 1.54) is 30.5 Å². The van der Waals surface area contributed by atoms with Crippen LogP contribution in [0.5, 0.6) is 0 Å². The number of guanidine groups is 1. The number of nitrogens with zero attached hydrogens (tertiary/aromatic N) is 2. The minimum atomic E-state index is 0.541. The number of hydrogen-bond acceptors (Lipinski definition) is 3. The molecule has 0 radical (unpaired) electrons. The van der Waals surface area contributed by atoms with Gasteiger partial charge in [-0.25, -0.2) is 4.99 Å². The summed E-state index contributed by atoms with van der Waals surface area (Å²) < 4.78 is 5.38. The highest BCUT2D eigenvalue weighted by molar-refractivity contribution is 5.77. The fraction of sp³-hybridized carbons (Fsp3) is 0.611. The Balaban J connectivity index is 1.73. The molecule has 1 heterocycles. The minimum Gasteiger partial charge on any atom is -0.378 e. The molecule has 0 atom stereocenters. The van der Waals surface area contributed by atoms with Crippen LogP contribution in [0.25, 0.3) is 0 Å². The first-order chi connectivity index (χ1) is 11.3. The van der Waals surface area contributed by atoms with Crippen LogP contribution in [0.3, 0.4) is 0 Å². The van der Waals surface area contributed by atoms with Crippen molar-refractivity contribution >= 4 is 11.6 Å². The first kappa shape index (κ1) is 17.6. The Bertz CT molecular complexity index is 466. The van der Waals surface area contributed by atoms with Gasteiger partial charge in [0, 0.05) is 25.3 Å². The van der Waals surface area contributed by atoms with E-state index in [0.29, 0.717) is 12.5 Å². The summed E-state index contributed by atoms with van der Waals surface area (Å²) in [5.74, 6) is 0.541. The van der Waals surface area contributed by atoms with Crippen molar-refractivity contribution in [1.82, 2.24) is 5.32 Å². The molecule has 5 nitrogen and oxygen atoms in total. The second kappa shape index (κ2) is 10.1. The molecule has 0 spiro atoms. The van der Waals surface area contributed by atoms with E-state index >= 15 is 0 Å². The lowest BCUT2D eigenvalue weighted by molar-refractivity contribution is 0.122. The van der Waals surface area contributed by atoms with Gasteiger partial charge in [0.15, 0.2) is 5.96 Å². The van der Waals surface area contributed by atoms with Gasteiger partial charge in [0.05, 0.1) is 19.8 Å². The zero-order valence-electron chi connectivity index (χ0n) is 14.3. The van der Waals surface area contributed by atoms with Crippen molar-refractivity contribution in [2.45, 2.75) is 39.2 Å². The molecule has 2 rings (SSSR count). The molecule has 0 aliphatic carbocycles. The van der Waals surface area contributed by atoms with Gasteiger partial charge >= 0.3 is 0 Å². The van der Waals surface area contributed by atoms with Crippen molar-refractivity contribution in [3.63, 3.8) is 0 Å². The highest BCUT2D eigenvalue weighted by atomic mass is 16.5. The van der Waals surface area contributed by atoms with E-state index in [-0.39, 0.29) is 0 Å². The Labute approximate surface area is 139 Å². The van der Waals surface area contributed by atoms with Gasteiger partial charge in [0.1, 0.15) is 0 Å². The Morgan fingerprint density at radius 1 is 1.17 bits per heavy atom. The summed E-state index contributed by atoms with van der Waals surface area (Å²) in [5.41, 5.74) is 8.33. The fourth-order valence-corrected chi connectivity index (χ4v) is 2.63. The van der Waals surface area contributed by atoms with Crippen LogP contribution in [0.4, 0.5) is 5.69 Å². The SMILES string of the molecule is CCCCCCNC(N)=NCc1ccc(N2CCOCC2)cc1. The summed E-state index contributed by atoms with van der Waals surface area (Å²) in [6.07, 6.45) is 4.94. The lowest BCUT2D eigenvalue weighted by atomic mass is 10.2. The maximum Gasteiger partial charge on any atom is 0.188 e. The van der Waals surface area contributed by atoms with E-state index in [4.69, 9.17) is 10.5 Å². The Morgan fingerprint density at radius 3 is 2.61 bits per heavy atom. The normalized spacial score (nSPS) is 15.7. The molecule has 0 saturated carbocycles. The zero-order chi connectivity index (χ0) is 16.3. The second-order valence-corrected chi connectivity index (χ2v) is 5.95. The molecule has 1 aromatic rings. The Hall–Kier alpha value is -1.75. The third-order valence-electron chi connectivity index (χ3n) is 4.08. The van der Waals surface area contributed by atoms with E-state index in [1.807, 2.05) is 0 Å². The van der Waals surface area contributed by atoms with Crippen molar-refractivity contribution in [3.8, 4) is 0 Å². The van der Waals surface area contributed by atoms with Crippen molar-refractivity contribution < 1.29 is 4.74 Å². The van der Waals surface area contributed by atoms with Gasteiger partial charge in [-0.2, -0.15) is 0 Å². The molecule has 3 N–H and O–H groups in total.